The van der Waals surface area contributed by atoms with Gasteiger partial charge in [0.25, 0.3) is 0 Å². The highest BCUT2D eigenvalue weighted by molar-refractivity contribution is 6.09. The minimum Gasteiger partial charge on any atom is -0.454 e. The zero-order valence-corrected chi connectivity index (χ0v) is 15.1. The van der Waals surface area contributed by atoms with E-state index in [0.29, 0.717) is 23.1 Å². The molecule has 2 aliphatic carbocycles. The largest absolute Gasteiger partial charge is 0.454 e. The van der Waals surface area contributed by atoms with Crippen molar-refractivity contribution >= 4 is 17.7 Å². The van der Waals surface area contributed by atoms with E-state index in [1.807, 2.05) is 27.7 Å². The van der Waals surface area contributed by atoms with E-state index in [2.05, 4.69) is 0 Å². The van der Waals surface area contributed by atoms with Gasteiger partial charge in [0.2, 0.25) is 0 Å². The number of carbonyl (C=O) groups is 3. The highest BCUT2D eigenvalue weighted by atomic mass is 16.6. The second-order valence-corrected chi connectivity index (χ2v) is 7.18. The zero-order valence-electron chi connectivity index (χ0n) is 15.1. The van der Waals surface area contributed by atoms with E-state index in [9.17, 15) is 14.4 Å². The van der Waals surface area contributed by atoms with Crippen LogP contribution in [0.1, 0.15) is 41.0 Å². The molecule has 0 unspecified atom stereocenters. The van der Waals surface area contributed by atoms with Crippen molar-refractivity contribution < 1.29 is 23.9 Å². The van der Waals surface area contributed by atoms with E-state index in [4.69, 9.17) is 9.47 Å². The third kappa shape index (κ3) is 2.88. The fraction of sp³-hybridized carbons (Fsp3) is 0.450. The topological polar surface area (TPSA) is 69.7 Å². The number of ether oxygens (including phenoxy) is 2. The van der Waals surface area contributed by atoms with Gasteiger partial charge in [-0.15, -0.1) is 0 Å². The summed E-state index contributed by atoms with van der Waals surface area (Å²) in [7, 11) is 0. The minimum atomic E-state index is -0.599. The predicted octanol–water partition coefficient (Wildman–Crippen LogP) is 2.97. The van der Waals surface area contributed by atoms with E-state index in [-0.39, 0.29) is 11.7 Å². The summed E-state index contributed by atoms with van der Waals surface area (Å²) in [6.45, 7) is 9.07. The first kappa shape index (κ1) is 17.4. The lowest BCUT2D eigenvalue weighted by Crippen LogP contribution is -2.30. The Balaban J connectivity index is 2.06. The Morgan fingerprint density at radius 2 is 1.92 bits per heavy atom. The summed E-state index contributed by atoms with van der Waals surface area (Å²) in [5.74, 6) is -1.19. The lowest BCUT2D eigenvalue weighted by Gasteiger charge is -2.24. The van der Waals surface area contributed by atoms with Crippen LogP contribution in [0.4, 0.5) is 0 Å². The molecule has 1 heterocycles. The first-order valence-electron chi connectivity index (χ1n) is 8.40. The smallest absolute Gasteiger partial charge is 0.334 e. The number of hydrogen-bond acceptors (Lipinski definition) is 5. The molecule has 0 aromatic carbocycles. The van der Waals surface area contributed by atoms with Crippen molar-refractivity contribution in [2.45, 2.75) is 53.2 Å². The van der Waals surface area contributed by atoms with E-state index in [1.54, 1.807) is 13.0 Å². The maximum absolute atomic E-state index is 12.4. The molecular weight excluding hydrogens is 320 g/mol. The van der Waals surface area contributed by atoms with Crippen LogP contribution in [0.3, 0.4) is 0 Å². The summed E-state index contributed by atoms with van der Waals surface area (Å²) in [6, 6.07) is 0. The fourth-order valence-electron chi connectivity index (χ4n) is 3.90. The van der Waals surface area contributed by atoms with Crippen molar-refractivity contribution in [2.75, 3.05) is 0 Å². The molecule has 0 saturated carbocycles. The van der Waals surface area contributed by atoms with Crippen molar-refractivity contribution in [3.8, 4) is 0 Å². The van der Waals surface area contributed by atoms with Crippen LogP contribution in [0.15, 0.2) is 45.6 Å². The van der Waals surface area contributed by atoms with Crippen LogP contribution in [0, 0.1) is 5.92 Å². The summed E-state index contributed by atoms with van der Waals surface area (Å²) in [5.41, 5.74) is 4.41. The molecule has 3 atom stereocenters. The van der Waals surface area contributed by atoms with Gasteiger partial charge in [0.1, 0.15) is 12.2 Å². The first-order chi connectivity index (χ1) is 11.7. The number of ketones is 1. The maximum Gasteiger partial charge on any atom is 0.334 e. The van der Waals surface area contributed by atoms with E-state index >= 15 is 0 Å². The summed E-state index contributed by atoms with van der Waals surface area (Å²) in [5, 5.41) is 0. The van der Waals surface area contributed by atoms with Crippen molar-refractivity contribution in [3.63, 3.8) is 0 Å². The van der Waals surface area contributed by atoms with E-state index < -0.39 is 24.1 Å². The Kier molecular flexibility index (Phi) is 4.27. The van der Waals surface area contributed by atoms with Crippen molar-refractivity contribution in [2.24, 2.45) is 5.92 Å². The van der Waals surface area contributed by atoms with Gasteiger partial charge in [-0.25, -0.2) is 9.59 Å². The van der Waals surface area contributed by atoms with Gasteiger partial charge in [-0.2, -0.15) is 0 Å². The molecule has 0 amide bonds. The average Bonchev–Trinajstić information content (AvgIpc) is 2.89. The summed E-state index contributed by atoms with van der Waals surface area (Å²) in [6.07, 6.45) is 2.25. The monoisotopic (exact) mass is 342 g/mol. The molecule has 3 aliphatic rings. The third-order valence-electron chi connectivity index (χ3n) is 4.97. The highest BCUT2D eigenvalue weighted by Crippen LogP contribution is 2.46. The van der Waals surface area contributed by atoms with Gasteiger partial charge < -0.3 is 9.47 Å². The van der Waals surface area contributed by atoms with E-state index in [0.717, 1.165) is 16.7 Å². The van der Waals surface area contributed by atoms with Crippen LogP contribution in [0.5, 0.6) is 0 Å². The summed E-state index contributed by atoms with van der Waals surface area (Å²) in [4.78, 5) is 36.7. The number of carbonyl (C=O) groups excluding carboxylic acids is 3. The molecule has 0 saturated heterocycles. The fourth-order valence-corrected chi connectivity index (χ4v) is 3.90. The standard InChI is InChI=1S/C20H22O5/c1-9(2)6-15(22)24-14-8-11(4)16-13(21)7-10(3)17(16)19-18(14)12(5)20(23)25-19/h6-7,14,17,19H,8H2,1-5H3/t14-,17-,19+/m1/s1. The van der Waals surface area contributed by atoms with Crippen molar-refractivity contribution in [1.82, 2.24) is 0 Å². The van der Waals surface area contributed by atoms with E-state index in [1.165, 1.54) is 6.08 Å². The number of allylic oxidation sites excluding steroid dienone is 2. The molecule has 0 aromatic rings. The van der Waals surface area contributed by atoms with Crippen molar-refractivity contribution in [1.29, 1.82) is 0 Å². The molecule has 3 rings (SSSR count). The first-order valence-corrected chi connectivity index (χ1v) is 8.40. The van der Waals surface area contributed by atoms with Gasteiger partial charge in [0, 0.05) is 29.2 Å². The zero-order chi connectivity index (χ0) is 18.5. The number of esters is 2. The molecule has 0 fully saturated rings. The van der Waals surface area contributed by atoms with Gasteiger partial charge >= 0.3 is 11.9 Å². The molecule has 5 nitrogen and oxygen atoms in total. The lowest BCUT2D eigenvalue weighted by atomic mass is 9.86. The highest BCUT2D eigenvalue weighted by Gasteiger charge is 2.49. The molecule has 1 aliphatic heterocycles. The van der Waals surface area contributed by atoms with Crippen LogP contribution in [-0.4, -0.2) is 29.9 Å². The number of fused-ring (bicyclic) bond motifs is 3. The molecule has 132 valence electrons. The molecule has 0 bridgehead atoms. The Hall–Kier alpha value is -2.43. The molecule has 0 N–H and O–H groups in total. The van der Waals surface area contributed by atoms with Gasteiger partial charge in [0.15, 0.2) is 5.78 Å². The predicted molar refractivity (Wildman–Crippen MR) is 91.5 cm³/mol. The second kappa shape index (κ2) is 6.14. The van der Waals surface area contributed by atoms with Crippen LogP contribution in [0.2, 0.25) is 0 Å². The quantitative estimate of drug-likeness (QED) is 0.570. The van der Waals surface area contributed by atoms with Gasteiger partial charge in [0.05, 0.1) is 5.92 Å². The van der Waals surface area contributed by atoms with Crippen LogP contribution < -0.4 is 0 Å². The van der Waals surface area contributed by atoms with Crippen LogP contribution >= 0.6 is 0 Å². The number of hydrogen-bond donors (Lipinski definition) is 0. The Morgan fingerprint density at radius 1 is 1.24 bits per heavy atom. The summed E-state index contributed by atoms with van der Waals surface area (Å²) < 4.78 is 11.2. The normalized spacial score (nSPS) is 28.2. The maximum atomic E-state index is 12.4. The molecule has 25 heavy (non-hydrogen) atoms. The molecule has 0 spiro atoms. The van der Waals surface area contributed by atoms with Crippen LogP contribution in [-0.2, 0) is 23.9 Å². The molecular formula is C20H22O5. The molecule has 0 radical (unpaired) electrons. The Labute approximate surface area is 147 Å². The SMILES string of the molecule is CC(C)=CC(=O)O[C@@H]1CC(C)=C2C(=O)C=C(C)[C@H]2[C@@H]2OC(=O)C(C)=C21. The third-order valence-corrected chi connectivity index (χ3v) is 4.97. The average molecular weight is 342 g/mol. The van der Waals surface area contributed by atoms with Crippen LogP contribution in [0.25, 0.3) is 0 Å². The van der Waals surface area contributed by atoms with Crippen molar-refractivity contribution in [3.05, 3.63) is 45.6 Å². The number of rotatable bonds is 2. The molecule has 0 aromatic heterocycles. The Morgan fingerprint density at radius 3 is 2.56 bits per heavy atom. The minimum absolute atomic E-state index is 0.0452. The summed E-state index contributed by atoms with van der Waals surface area (Å²) >= 11 is 0. The lowest BCUT2D eigenvalue weighted by molar-refractivity contribution is -0.142. The second-order valence-electron chi connectivity index (χ2n) is 7.18. The van der Waals surface area contributed by atoms with Gasteiger partial charge in [-0.05, 0) is 40.7 Å². The van der Waals surface area contributed by atoms with Gasteiger partial charge in [-0.3, -0.25) is 4.79 Å². The Bertz CT molecular complexity index is 802. The molecule has 5 heteroatoms. The van der Waals surface area contributed by atoms with Gasteiger partial charge in [-0.1, -0.05) is 16.7 Å².